The molecule has 0 bridgehead atoms. The van der Waals surface area contributed by atoms with Crippen molar-refractivity contribution in [2.75, 3.05) is 12.3 Å². The Balaban J connectivity index is 2.12. The minimum atomic E-state index is -3.81. The fraction of sp³-hybridized carbons (Fsp3) is 0.167. The monoisotopic (exact) mass is 334 g/mol. The molecular formula is C12H12ClFN2O2S2. The van der Waals surface area contributed by atoms with Gasteiger partial charge in [-0.05, 0) is 30.0 Å². The number of nitrogen functional groups attached to an aromatic ring is 1. The molecule has 3 N–H and O–H groups in total. The molecule has 0 atom stereocenters. The SMILES string of the molecule is Nc1cc(S(=O)(=O)NCCc2cccs2)c(Cl)cc1F. The van der Waals surface area contributed by atoms with E-state index in [-0.39, 0.29) is 22.2 Å². The van der Waals surface area contributed by atoms with Crippen LogP contribution < -0.4 is 10.5 Å². The molecular weight excluding hydrogens is 323 g/mol. The van der Waals surface area contributed by atoms with Crippen LogP contribution >= 0.6 is 22.9 Å². The second-order valence-electron chi connectivity index (χ2n) is 4.03. The van der Waals surface area contributed by atoms with E-state index in [4.69, 9.17) is 17.3 Å². The lowest BCUT2D eigenvalue weighted by Gasteiger charge is -2.09. The number of benzene rings is 1. The van der Waals surface area contributed by atoms with E-state index in [2.05, 4.69) is 4.72 Å². The second kappa shape index (κ2) is 6.09. The molecule has 0 aliphatic carbocycles. The molecule has 0 unspecified atom stereocenters. The first-order chi connectivity index (χ1) is 9.40. The summed E-state index contributed by atoms with van der Waals surface area (Å²) in [6.45, 7) is 0.233. The van der Waals surface area contributed by atoms with Gasteiger partial charge < -0.3 is 5.73 Å². The number of sulfonamides is 1. The highest BCUT2D eigenvalue weighted by Crippen LogP contribution is 2.26. The molecule has 0 spiro atoms. The van der Waals surface area contributed by atoms with E-state index in [0.717, 1.165) is 17.0 Å². The van der Waals surface area contributed by atoms with Crippen LogP contribution in [0, 0.1) is 5.82 Å². The first-order valence-corrected chi connectivity index (χ1v) is 8.41. The van der Waals surface area contributed by atoms with Crippen LogP contribution in [0.2, 0.25) is 5.02 Å². The highest BCUT2D eigenvalue weighted by molar-refractivity contribution is 7.89. The average molecular weight is 335 g/mol. The van der Waals surface area contributed by atoms with Gasteiger partial charge in [0.2, 0.25) is 10.0 Å². The maximum absolute atomic E-state index is 13.2. The van der Waals surface area contributed by atoms with Gasteiger partial charge in [0.25, 0.3) is 0 Å². The summed E-state index contributed by atoms with van der Waals surface area (Å²) in [6, 6.07) is 5.73. The highest BCUT2D eigenvalue weighted by Gasteiger charge is 2.19. The Morgan fingerprint density at radius 1 is 1.40 bits per heavy atom. The first-order valence-electron chi connectivity index (χ1n) is 5.67. The van der Waals surface area contributed by atoms with Gasteiger partial charge in [-0.1, -0.05) is 17.7 Å². The third-order valence-electron chi connectivity index (χ3n) is 2.58. The van der Waals surface area contributed by atoms with Gasteiger partial charge in [-0.3, -0.25) is 0 Å². The number of nitrogens with one attached hydrogen (secondary N) is 1. The van der Waals surface area contributed by atoms with Gasteiger partial charge in [0.05, 0.1) is 10.7 Å². The standard InChI is InChI=1S/C12H12ClFN2O2S2/c13-9-6-10(14)11(15)7-12(9)20(17,18)16-4-3-8-2-1-5-19-8/h1-2,5-7,16H,3-4,15H2. The summed E-state index contributed by atoms with van der Waals surface area (Å²) in [7, 11) is -3.81. The molecule has 20 heavy (non-hydrogen) atoms. The number of hydrogen-bond donors (Lipinski definition) is 2. The smallest absolute Gasteiger partial charge is 0.242 e. The van der Waals surface area contributed by atoms with Crippen molar-refractivity contribution >= 4 is 38.6 Å². The zero-order valence-electron chi connectivity index (χ0n) is 10.3. The Morgan fingerprint density at radius 2 is 2.15 bits per heavy atom. The predicted octanol–water partition coefficient (Wildman–Crippen LogP) is 2.64. The molecule has 0 saturated carbocycles. The van der Waals surface area contributed by atoms with Gasteiger partial charge in [0, 0.05) is 11.4 Å². The minimum Gasteiger partial charge on any atom is -0.396 e. The highest BCUT2D eigenvalue weighted by atomic mass is 35.5. The van der Waals surface area contributed by atoms with Crippen molar-refractivity contribution in [3.05, 3.63) is 45.4 Å². The van der Waals surface area contributed by atoms with Gasteiger partial charge in [-0.25, -0.2) is 17.5 Å². The molecule has 2 aromatic rings. The summed E-state index contributed by atoms with van der Waals surface area (Å²) < 4.78 is 39.7. The summed E-state index contributed by atoms with van der Waals surface area (Å²) >= 11 is 7.30. The van der Waals surface area contributed by atoms with Crippen molar-refractivity contribution in [3.63, 3.8) is 0 Å². The average Bonchev–Trinajstić information content (AvgIpc) is 2.86. The second-order valence-corrected chi connectivity index (χ2v) is 7.21. The topological polar surface area (TPSA) is 72.2 Å². The van der Waals surface area contributed by atoms with Crippen molar-refractivity contribution in [3.8, 4) is 0 Å². The van der Waals surface area contributed by atoms with Crippen LogP contribution in [0.5, 0.6) is 0 Å². The van der Waals surface area contributed by atoms with Gasteiger partial charge in [-0.15, -0.1) is 11.3 Å². The summed E-state index contributed by atoms with van der Waals surface area (Å²) in [4.78, 5) is 0.849. The van der Waals surface area contributed by atoms with Crippen molar-refractivity contribution in [1.82, 2.24) is 4.72 Å². The maximum atomic E-state index is 13.2. The zero-order valence-corrected chi connectivity index (χ0v) is 12.7. The minimum absolute atomic E-state index is 0.194. The Morgan fingerprint density at radius 3 is 2.80 bits per heavy atom. The Bertz CT molecular complexity index is 702. The van der Waals surface area contributed by atoms with E-state index >= 15 is 0 Å². The largest absolute Gasteiger partial charge is 0.396 e. The van der Waals surface area contributed by atoms with Crippen LogP contribution in [-0.4, -0.2) is 15.0 Å². The molecule has 1 aromatic heterocycles. The first kappa shape index (κ1) is 15.2. The zero-order chi connectivity index (χ0) is 14.8. The van der Waals surface area contributed by atoms with Crippen molar-refractivity contribution < 1.29 is 12.8 Å². The molecule has 0 saturated heterocycles. The molecule has 1 aromatic carbocycles. The van der Waals surface area contributed by atoms with E-state index < -0.39 is 15.8 Å². The van der Waals surface area contributed by atoms with Crippen LogP contribution in [0.15, 0.2) is 34.5 Å². The predicted molar refractivity (Wildman–Crippen MR) is 79.0 cm³/mol. The summed E-state index contributed by atoms with van der Waals surface area (Å²) in [6.07, 6.45) is 0.575. The van der Waals surface area contributed by atoms with E-state index in [1.165, 1.54) is 0 Å². The van der Waals surface area contributed by atoms with Crippen LogP contribution in [0.4, 0.5) is 10.1 Å². The fourth-order valence-corrected chi connectivity index (χ4v) is 3.88. The Labute approximate surface area is 125 Å². The fourth-order valence-electron chi connectivity index (χ4n) is 1.59. The molecule has 0 aliphatic heterocycles. The number of thiophene rings is 1. The molecule has 4 nitrogen and oxygen atoms in total. The van der Waals surface area contributed by atoms with E-state index in [1.54, 1.807) is 11.3 Å². The summed E-state index contributed by atoms with van der Waals surface area (Å²) in [5.74, 6) is -0.743. The molecule has 0 aliphatic rings. The molecule has 8 heteroatoms. The Hall–Kier alpha value is -1.15. The van der Waals surface area contributed by atoms with Crippen molar-refractivity contribution in [2.45, 2.75) is 11.3 Å². The Kier molecular flexibility index (Phi) is 4.64. The number of rotatable bonds is 5. The lowest BCUT2D eigenvalue weighted by molar-refractivity contribution is 0.581. The number of hydrogen-bond acceptors (Lipinski definition) is 4. The summed E-state index contributed by atoms with van der Waals surface area (Å²) in [5, 5.41) is 1.72. The van der Waals surface area contributed by atoms with Gasteiger partial charge in [0.15, 0.2) is 0 Å². The molecule has 0 fully saturated rings. The van der Waals surface area contributed by atoms with Gasteiger partial charge in [-0.2, -0.15) is 0 Å². The number of halogens is 2. The van der Waals surface area contributed by atoms with Crippen LogP contribution in [0.3, 0.4) is 0 Å². The third kappa shape index (κ3) is 3.49. The number of anilines is 1. The van der Waals surface area contributed by atoms with E-state index in [9.17, 15) is 12.8 Å². The normalized spacial score (nSPS) is 11.7. The van der Waals surface area contributed by atoms with Crippen LogP contribution in [-0.2, 0) is 16.4 Å². The van der Waals surface area contributed by atoms with Crippen LogP contribution in [0.1, 0.15) is 4.88 Å². The molecule has 108 valence electrons. The molecule has 1 heterocycles. The lowest BCUT2D eigenvalue weighted by atomic mass is 10.3. The van der Waals surface area contributed by atoms with Gasteiger partial charge in [0.1, 0.15) is 10.7 Å². The van der Waals surface area contributed by atoms with E-state index in [1.807, 2.05) is 17.5 Å². The van der Waals surface area contributed by atoms with E-state index in [0.29, 0.717) is 6.42 Å². The maximum Gasteiger partial charge on any atom is 0.242 e. The van der Waals surface area contributed by atoms with Crippen molar-refractivity contribution in [2.24, 2.45) is 0 Å². The quantitative estimate of drug-likeness (QED) is 0.826. The van der Waals surface area contributed by atoms with Crippen LogP contribution in [0.25, 0.3) is 0 Å². The van der Waals surface area contributed by atoms with Crippen molar-refractivity contribution in [1.29, 1.82) is 0 Å². The number of nitrogens with two attached hydrogens (primary N) is 1. The molecule has 0 radical (unpaired) electrons. The summed E-state index contributed by atoms with van der Waals surface area (Å²) in [5.41, 5.74) is 5.11. The third-order valence-corrected chi connectivity index (χ3v) is 5.45. The van der Waals surface area contributed by atoms with Gasteiger partial charge >= 0.3 is 0 Å². The molecule has 2 rings (SSSR count). The lowest BCUT2D eigenvalue weighted by Crippen LogP contribution is -2.26. The molecule has 0 amide bonds.